The molecule has 0 radical (unpaired) electrons. The molecule has 0 fully saturated rings. The lowest BCUT2D eigenvalue weighted by Gasteiger charge is -2.09. The molecule has 0 saturated carbocycles. The summed E-state index contributed by atoms with van der Waals surface area (Å²) in [5.74, 6) is -0.238. The molecule has 0 heterocycles. The van der Waals surface area contributed by atoms with Crippen LogP contribution in [0.1, 0.15) is 15.9 Å². The van der Waals surface area contributed by atoms with Crippen LogP contribution in [0.5, 0.6) is 5.75 Å². The Hall–Kier alpha value is -0.540. The summed E-state index contributed by atoms with van der Waals surface area (Å²) < 4.78 is 1.58. The molecule has 110 valence electrons. The SMILES string of the molecule is O=C(NCCc1ccc(Cl)cc1)c1cc(I)cc(I)c1O. The zero-order valence-corrected chi connectivity index (χ0v) is 15.9. The lowest BCUT2D eigenvalue weighted by atomic mass is 10.1. The second-order valence-corrected chi connectivity index (χ2v) is 7.26. The molecule has 3 nitrogen and oxygen atoms in total. The second-order valence-electron chi connectivity index (χ2n) is 4.42. The van der Waals surface area contributed by atoms with E-state index in [0.29, 0.717) is 27.1 Å². The van der Waals surface area contributed by atoms with Crippen LogP contribution in [0, 0.1) is 7.14 Å². The topological polar surface area (TPSA) is 49.3 Å². The van der Waals surface area contributed by atoms with E-state index in [-0.39, 0.29) is 11.7 Å². The van der Waals surface area contributed by atoms with Gasteiger partial charge in [-0.3, -0.25) is 4.79 Å². The fourth-order valence-electron chi connectivity index (χ4n) is 1.81. The first kappa shape index (κ1) is 16.8. The van der Waals surface area contributed by atoms with Gasteiger partial charge in [0.15, 0.2) is 0 Å². The molecule has 1 amide bonds. The maximum atomic E-state index is 12.1. The van der Waals surface area contributed by atoms with Crippen LogP contribution < -0.4 is 5.32 Å². The molecule has 2 N–H and O–H groups in total. The fourth-order valence-corrected chi connectivity index (χ4v) is 3.78. The third-order valence-corrected chi connectivity index (χ3v) is 4.58. The second kappa shape index (κ2) is 7.64. The molecule has 0 unspecified atom stereocenters. The minimum atomic E-state index is -0.266. The number of hydrogen-bond acceptors (Lipinski definition) is 2. The molecule has 0 saturated heterocycles. The third-order valence-electron chi connectivity index (χ3n) is 2.89. The monoisotopic (exact) mass is 527 g/mol. The average Bonchev–Trinajstić information content (AvgIpc) is 2.44. The highest BCUT2D eigenvalue weighted by atomic mass is 127. The number of carbonyl (C=O) groups excluding carboxylic acids is 1. The summed E-state index contributed by atoms with van der Waals surface area (Å²) in [7, 11) is 0. The average molecular weight is 528 g/mol. The fraction of sp³-hybridized carbons (Fsp3) is 0.133. The smallest absolute Gasteiger partial charge is 0.255 e. The Morgan fingerprint density at radius 3 is 2.52 bits per heavy atom. The Balaban J connectivity index is 1.97. The van der Waals surface area contributed by atoms with E-state index in [9.17, 15) is 9.90 Å². The van der Waals surface area contributed by atoms with Crippen molar-refractivity contribution in [2.24, 2.45) is 0 Å². The van der Waals surface area contributed by atoms with Gasteiger partial charge in [0, 0.05) is 15.1 Å². The molecule has 0 atom stereocenters. The number of benzene rings is 2. The zero-order chi connectivity index (χ0) is 15.4. The van der Waals surface area contributed by atoms with Crippen molar-refractivity contribution >= 4 is 62.7 Å². The van der Waals surface area contributed by atoms with Crippen molar-refractivity contribution in [2.75, 3.05) is 6.54 Å². The van der Waals surface area contributed by atoms with Gasteiger partial charge in [0.1, 0.15) is 5.75 Å². The van der Waals surface area contributed by atoms with E-state index in [4.69, 9.17) is 11.6 Å². The molecule has 6 heteroatoms. The maximum Gasteiger partial charge on any atom is 0.255 e. The van der Waals surface area contributed by atoms with Gasteiger partial charge in [-0.05, 0) is 81.4 Å². The molecule has 0 bridgehead atoms. The summed E-state index contributed by atoms with van der Waals surface area (Å²) >= 11 is 9.96. The predicted molar refractivity (Wildman–Crippen MR) is 101 cm³/mol. The molecule has 2 aromatic rings. The van der Waals surface area contributed by atoms with E-state index < -0.39 is 0 Å². The van der Waals surface area contributed by atoms with Crippen molar-refractivity contribution in [1.29, 1.82) is 0 Å². The number of halogens is 3. The van der Waals surface area contributed by atoms with Crippen LogP contribution in [-0.4, -0.2) is 17.6 Å². The van der Waals surface area contributed by atoms with Crippen molar-refractivity contribution in [1.82, 2.24) is 5.32 Å². The Morgan fingerprint density at radius 2 is 1.86 bits per heavy atom. The predicted octanol–water partition coefficient (Wildman–Crippen LogP) is 4.23. The first-order valence-electron chi connectivity index (χ1n) is 6.18. The highest BCUT2D eigenvalue weighted by Crippen LogP contribution is 2.26. The van der Waals surface area contributed by atoms with E-state index in [1.54, 1.807) is 6.07 Å². The minimum Gasteiger partial charge on any atom is -0.506 e. The van der Waals surface area contributed by atoms with Crippen LogP contribution in [0.15, 0.2) is 36.4 Å². The van der Waals surface area contributed by atoms with Crippen LogP contribution in [-0.2, 0) is 6.42 Å². The van der Waals surface area contributed by atoms with Gasteiger partial charge in [0.05, 0.1) is 9.13 Å². The number of hydrogen-bond donors (Lipinski definition) is 2. The van der Waals surface area contributed by atoms with Crippen LogP contribution in [0.25, 0.3) is 0 Å². The van der Waals surface area contributed by atoms with E-state index in [0.717, 1.165) is 9.13 Å². The molecule has 0 aliphatic rings. The number of carbonyl (C=O) groups is 1. The molecular weight excluding hydrogens is 515 g/mol. The van der Waals surface area contributed by atoms with Gasteiger partial charge in [-0.1, -0.05) is 23.7 Å². The highest BCUT2D eigenvalue weighted by molar-refractivity contribution is 14.1. The Morgan fingerprint density at radius 1 is 1.19 bits per heavy atom. The molecule has 2 aromatic carbocycles. The lowest BCUT2D eigenvalue weighted by molar-refractivity contribution is 0.0951. The van der Waals surface area contributed by atoms with Crippen LogP contribution in [0.2, 0.25) is 5.02 Å². The summed E-state index contributed by atoms with van der Waals surface area (Å²) in [6.07, 6.45) is 0.713. The Bertz CT molecular complexity index is 659. The number of aromatic hydroxyl groups is 1. The number of amides is 1. The molecule has 0 aliphatic heterocycles. The molecule has 0 aliphatic carbocycles. The standard InChI is InChI=1S/C15H12ClI2NO2/c16-10-3-1-9(2-4-10)5-6-19-15(21)12-7-11(17)8-13(18)14(12)20/h1-4,7-8,20H,5-6H2,(H,19,21). The summed E-state index contributed by atoms with van der Waals surface area (Å²) in [6, 6.07) is 11.0. The first-order chi connectivity index (χ1) is 9.97. The normalized spacial score (nSPS) is 10.4. The first-order valence-corrected chi connectivity index (χ1v) is 8.71. The van der Waals surface area contributed by atoms with Crippen molar-refractivity contribution in [3.05, 3.63) is 59.7 Å². The van der Waals surface area contributed by atoms with E-state index in [2.05, 4.69) is 27.9 Å². The van der Waals surface area contributed by atoms with Crippen molar-refractivity contribution < 1.29 is 9.90 Å². The largest absolute Gasteiger partial charge is 0.506 e. The van der Waals surface area contributed by atoms with Crippen LogP contribution >= 0.6 is 56.8 Å². The van der Waals surface area contributed by atoms with Gasteiger partial charge < -0.3 is 10.4 Å². The van der Waals surface area contributed by atoms with E-state index >= 15 is 0 Å². The van der Waals surface area contributed by atoms with Crippen LogP contribution in [0.4, 0.5) is 0 Å². The minimum absolute atomic E-state index is 0.0278. The van der Waals surface area contributed by atoms with Crippen molar-refractivity contribution in [3.8, 4) is 5.75 Å². The van der Waals surface area contributed by atoms with Gasteiger partial charge in [-0.2, -0.15) is 0 Å². The van der Waals surface area contributed by atoms with E-state index in [1.807, 2.05) is 52.9 Å². The summed E-state index contributed by atoms with van der Waals surface area (Å²) in [6.45, 7) is 0.502. The summed E-state index contributed by atoms with van der Waals surface area (Å²) in [4.78, 5) is 12.1. The summed E-state index contributed by atoms with van der Waals surface area (Å²) in [5.41, 5.74) is 1.41. The highest BCUT2D eigenvalue weighted by Gasteiger charge is 2.14. The van der Waals surface area contributed by atoms with Crippen molar-refractivity contribution in [3.63, 3.8) is 0 Å². The zero-order valence-electron chi connectivity index (χ0n) is 10.9. The number of phenols is 1. The van der Waals surface area contributed by atoms with Crippen LogP contribution in [0.3, 0.4) is 0 Å². The molecule has 0 spiro atoms. The Labute approximate surface area is 155 Å². The van der Waals surface area contributed by atoms with Gasteiger partial charge in [0.25, 0.3) is 5.91 Å². The number of rotatable bonds is 4. The molecular formula is C15H12ClI2NO2. The van der Waals surface area contributed by atoms with Gasteiger partial charge in [-0.25, -0.2) is 0 Å². The molecule has 0 aromatic heterocycles. The number of phenolic OH excluding ortho intramolecular Hbond substituents is 1. The molecule has 2 rings (SSSR count). The summed E-state index contributed by atoms with van der Waals surface area (Å²) in [5, 5.41) is 13.5. The third kappa shape index (κ3) is 4.72. The van der Waals surface area contributed by atoms with Crippen molar-refractivity contribution in [2.45, 2.75) is 6.42 Å². The van der Waals surface area contributed by atoms with Gasteiger partial charge in [-0.15, -0.1) is 0 Å². The van der Waals surface area contributed by atoms with Gasteiger partial charge in [0.2, 0.25) is 0 Å². The lowest BCUT2D eigenvalue weighted by Crippen LogP contribution is -2.26. The number of nitrogens with one attached hydrogen (secondary N) is 1. The Kier molecular flexibility index (Phi) is 6.12. The maximum absolute atomic E-state index is 12.1. The molecule has 21 heavy (non-hydrogen) atoms. The van der Waals surface area contributed by atoms with E-state index in [1.165, 1.54) is 0 Å². The van der Waals surface area contributed by atoms with Gasteiger partial charge >= 0.3 is 0 Å². The quantitative estimate of drug-likeness (QED) is 0.585.